The second-order valence-electron chi connectivity index (χ2n) is 3.71. The van der Waals surface area contributed by atoms with Gasteiger partial charge in [0, 0.05) is 18.7 Å². The number of pyridine rings is 1. The Morgan fingerprint density at radius 2 is 2.41 bits per heavy atom. The number of nitrogens with one attached hydrogen (secondary N) is 1. The van der Waals surface area contributed by atoms with E-state index in [1.54, 1.807) is 12.3 Å². The number of carbonyl (C=O) groups excluding carboxylic acids is 2. The van der Waals surface area contributed by atoms with Crippen LogP contribution in [0.3, 0.4) is 0 Å². The molecule has 0 fully saturated rings. The van der Waals surface area contributed by atoms with E-state index in [2.05, 4.69) is 10.3 Å². The Morgan fingerprint density at radius 3 is 3.12 bits per heavy atom. The fourth-order valence-electron chi connectivity index (χ4n) is 1.50. The molecule has 0 saturated carbocycles. The number of fused-ring (bicyclic) bond motifs is 1. The lowest BCUT2D eigenvalue weighted by atomic mass is 10.1. The molecule has 2 heterocycles. The Morgan fingerprint density at radius 1 is 1.65 bits per heavy atom. The average molecular weight is 236 g/mol. The summed E-state index contributed by atoms with van der Waals surface area (Å²) in [7, 11) is 0. The molecule has 0 saturated heterocycles. The van der Waals surface area contributed by atoms with Gasteiger partial charge < -0.3 is 21.5 Å². The monoisotopic (exact) mass is 236 g/mol. The quantitative estimate of drug-likeness (QED) is 0.620. The van der Waals surface area contributed by atoms with Crippen LogP contribution in [0.1, 0.15) is 6.42 Å². The zero-order valence-electron chi connectivity index (χ0n) is 8.92. The van der Waals surface area contributed by atoms with Gasteiger partial charge in [-0.05, 0) is 0 Å². The van der Waals surface area contributed by atoms with Crippen molar-refractivity contribution < 1.29 is 14.3 Å². The smallest absolute Gasteiger partial charge is 0.265 e. The summed E-state index contributed by atoms with van der Waals surface area (Å²) in [6.45, 7) is 0. The predicted octanol–water partition coefficient (Wildman–Crippen LogP) is -1.02. The van der Waals surface area contributed by atoms with E-state index < -0.39 is 18.1 Å². The zero-order chi connectivity index (χ0) is 12.4. The van der Waals surface area contributed by atoms with Crippen molar-refractivity contribution in [3.05, 3.63) is 18.5 Å². The Balaban J connectivity index is 2.12. The minimum absolute atomic E-state index is 0.0446. The zero-order valence-corrected chi connectivity index (χ0v) is 8.92. The van der Waals surface area contributed by atoms with Crippen molar-refractivity contribution in [3.63, 3.8) is 0 Å². The number of rotatable bonds is 3. The average Bonchev–Trinajstić information content (AvgIpc) is 2.29. The number of amides is 2. The molecule has 0 aliphatic carbocycles. The molecule has 5 N–H and O–H groups in total. The first kappa shape index (κ1) is 11.3. The molecule has 0 aromatic carbocycles. The van der Waals surface area contributed by atoms with Crippen molar-refractivity contribution in [2.75, 3.05) is 5.32 Å². The minimum Gasteiger partial charge on any atom is -0.478 e. The molecule has 2 amide bonds. The van der Waals surface area contributed by atoms with Crippen molar-refractivity contribution in [2.45, 2.75) is 18.6 Å². The maximum absolute atomic E-state index is 11.6. The third kappa shape index (κ3) is 2.34. The van der Waals surface area contributed by atoms with Gasteiger partial charge in [0.15, 0.2) is 6.10 Å². The summed E-state index contributed by atoms with van der Waals surface area (Å²) in [4.78, 5) is 26.3. The van der Waals surface area contributed by atoms with Gasteiger partial charge in [-0.3, -0.25) is 14.6 Å². The largest absolute Gasteiger partial charge is 0.478 e. The number of nitrogens with zero attached hydrogens (tertiary/aromatic N) is 1. The van der Waals surface area contributed by atoms with Crippen LogP contribution in [0.2, 0.25) is 0 Å². The van der Waals surface area contributed by atoms with Crippen molar-refractivity contribution >= 4 is 17.5 Å². The molecule has 2 rings (SSSR count). The van der Waals surface area contributed by atoms with Crippen LogP contribution in [0.4, 0.5) is 5.69 Å². The van der Waals surface area contributed by atoms with E-state index in [1.165, 1.54) is 6.20 Å². The van der Waals surface area contributed by atoms with E-state index in [1.807, 2.05) is 0 Å². The highest BCUT2D eigenvalue weighted by molar-refractivity contribution is 5.98. The fraction of sp³-hybridized carbons (Fsp3) is 0.300. The van der Waals surface area contributed by atoms with Crippen LogP contribution in [0.25, 0.3) is 0 Å². The SMILES string of the molecule is NC(=O)[C@@H](N)C[C@H]1Oc2ccncc2NC1=O. The van der Waals surface area contributed by atoms with Gasteiger partial charge in [0.1, 0.15) is 11.4 Å². The number of hydrogen-bond donors (Lipinski definition) is 3. The lowest BCUT2D eigenvalue weighted by Gasteiger charge is -2.26. The molecular formula is C10H12N4O3. The molecule has 1 aromatic rings. The van der Waals surface area contributed by atoms with Gasteiger partial charge in [0.2, 0.25) is 5.91 Å². The summed E-state index contributed by atoms with van der Waals surface area (Å²) in [5.41, 5.74) is 11.0. The Kier molecular flexibility index (Phi) is 2.92. The number of nitrogens with two attached hydrogens (primary N) is 2. The highest BCUT2D eigenvalue weighted by atomic mass is 16.5. The first-order valence-corrected chi connectivity index (χ1v) is 5.04. The summed E-state index contributed by atoms with van der Waals surface area (Å²) in [6.07, 6.45) is 2.26. The Bertz CT molecular complexity index is 463. The standard InChI is InChI=1S/C10H12N4O3/c11-5(9(12)15)3-8-10(16)14-6-4-13-2-1-7(6)17-8/h1-2,4-5,8H,3,11H2,(H2,12,15)(H,14,16)/t5-,8+/m0/s1. The van der Waals surface area contributed by atoms with Gasteiger partial charge in [-0.2, -0.15) is 0 Å². The molecule has 0 unspecified atom stereocenters. The third-order valence-corrected chi connectivity index (χ3v) is 2.43. The van der Waals surface area contributed by atoms with Gasteiger partial charge in [0.25, 0.3) is 5.91 Å². The summed E-state index contributed by atoms with van der Waals surface area (Å²) in [5.74, 6) is -0.523. The van der Waals surface area contributed by atoms with Crippen LogP contribution >= 0.6 is 0 Å². The molecule has 0 bridgehead atoms. The van der Waals surface area contributed by atoms with Crippen molar-refractivity contribution in [1.82, 2.24) is 4.98 Å². The molecular weight excluding hydrogens is 224 g/mol. The molecule has 7 nitrogen and oxygen atoms in total. The van der Waals surface area contributed by atoms with Gasteiger partial charge in [-0.1, -0.05) is 0 Å². The number of aromatic nitrogens is 1. The number of carbonyl (C=O) groups is 2. The van der Waals surface area contributed by atoms with E-state index in [9.17, 15) is 9.59 Å². The first-order valence-electron chi connectivity index (χ1n) is 5.04. The van der Waals surface area contributed by atoms with Crippen LogP contribution in [-0.4, -0.2) is 28.9 Å². The normalized spacial score (nSPS) is 19.8. The van der Waals surface area contributed by atoms with E-state index in [0.717, 1.165) is 0 Å². The molecule has 17 heavy (non-hydrogen) atoms. The van der Waals surface area contributed by atoms with Gasteiger partial charge >= 0.3 is 0 Å². The van der Waals surface area contributed by atoms with Gasteiger partial charge in [-0.25, -0.2) is 0 Å². The Hall–Kier alpha value is -2.15. The fourth-order valence-corrected chi connectivity index (χ4v) is 1.50. The summed E-state index contributed by atoms with van der Waals surface area (Å²) < 4.78 is 5.43. The number of primary amides is 1. The highest BCUT2D eigenvalue weighted by Gasteiger charge is 2.30. The molecule has 1 aliphatic heterocycles. The number of hydrogen-bond acceptors (Lipinski definition) is 5. The topological polar surface area (TPSA) is 120 Å². The molecule has 1 aliphatic rings. The van der Waals surface area contributed by atoms with Crippen LogP contribution in [0.5, 0.6) is 5.75 Å². The molecule has 0 radical (unpaired) electrons. The summed E-state index contributed by atoms with van der Waals surface area (Å²) in [5, 5.41) is 2.62. The number of ether oxygens (including phenoxy) is 1. The van der Waals surface area contributed by atoms with Gasteiger partial charge in [-0.15, -0.1) is 0 Å². The van der Waals surface area contributed by atoms with E-state index >= 15 is 0 Å². The lowest BCUT2D eigenvalue weighted by molar-refractivity contribution is -0.125. The van der Waals surface area contributed by atoms with E-state index in [0.29, 0.717) is 11.4 Å². The molecule has 7 heteroatoms. The van der Waals surface area contributed by atoms with E-state index in [4.69, 9.17) is 16.2 Å². The summed E-state index contributed by atoms with van der Waals surface area (Å²) >= 11 is 0. The van der Waals surface area contributed by atoms with Crippen LogP contribution in [-0.2, 0) is 9.59 Å². The van der Waals surface area contributed by atoms with Crippen molar-refractivity contribution in [1.29, 1.82) is 0 Å². The van der Waals surface area contributed by atoms with Crippen LogP contribution in [0.15, 0.2) is 18.5 Å². The van der Waals surface area contributed by atoms with Crippen molar-refractivity contribution in [3.8, 4) is 5.75 Å². The van der Waals surface area contributed by atoms with Crippen LogP contribution < -0.4 is 21.5 Å². The molecule has 1 aromatic heterocycles. The van der Waals surface area contributed by atoms with Crippen molar-refractivity contribution in [2.24, 2.45) is 11.5 Å². The maximum atomic E-state index is 11.6. The minimum atomic E-state index is -0.908. The molecule has 90 valence electrons. The molecule has 0 spiro atoms. The molecule has 2 atom stereocenters. The first-order chi connectivity index (χ1) is 8.08. The summed E-state index contributed by atoms with van der Waals surface area (Å²) in [6, 6.07) is 0.714. The third-order valence-electron chi connectivity index (χ3n) is 2.43. The highest BCUT2D eigenvalue weighted by Crippen LogP contribution is 2.28. The van der Waals surface area contributed by atoms with E-state index in [-0.39, 0.29) is 12.3 Å². The second kappa shape index (κ2) is 4.38. The van der Waals surface area contributed by atoms with Gasteiger partial charge in [0.05, 0.1) is 12.2 Å². The second-order valence-corrected chi connectivity index (χ2v) is 3.71. The Labute approximate surface area is 97.1 Å². The lowest BCUT2D eigenvalue weighted by Crippen LogP contribution is -2.45. The predicted molar refractivity (Wildman–Crippen MR) is 59.1 cm³/mol. The number of anilines is 1. The maximum Gasteiger partial charge on any atom is 0.265 e. The van der Waals surface area contributed by atoms with Crippen LogP contribution in [0, 0.1) is 0 Å².